The molecule has 1 aromatic heterocycles. The Bertz CT molecular complexity index is 414. The van der Waals surface area contributed by atoms with E-state index in [9.17, 15) is 5.11 Å². The van der Waals surface area contributed by atoms with E-state index in [0.717, 1.165) is 0 Å². The predicted octanol–water partition coefficient (Wildman–Crippen LogP) is 2.10. The molecule has 0 aliphatic heterocycles. The molecule has 13 heavy (non-hydrogen) atoms. The van der Waals surface area contributed by atoms with Gasteiger partial charge in [0.25, 0.3) is 0 Å². The Hall–Kier alpha value is -1.55. The Morgan fingerprint density at radius 1 is 1.38 bits per heavy atom. The van der Waals surface area contributed by atoms with E-state index in [1.165, 1.54) is 12.5 Å². The normalized spacial score (nSPS) is 10.2. The summed E-state index contributed by atoms with van der Waals surface area (Å²) in [6.45, 7) is 0. The maximum Gasteiger partial charge on any atom is 0.214 e. The van der Waals surface area contributed by atoms with E-state index < -0.39 is 0 Å². The number of hydrogen-bond acceptors (Lipinski definition) is 4. The second-order valence-corrected chi connectivity index (χ2v) is 2.85. The third-order valence-electron chi connectivity index (χ3n) is 1.56. The molecular weight excluding hydrogens is 192 g/mol. The minimum Gasteiger partial charge on any atom is -0.507 e. The molecule has 0 aliphatic rings. The summed E-state index contributed by atoms with van der Waals surface area (Å²) in [4.78, 5) is 3.80. The summed E-state index contributed by atoms with van der Waals surface area (Å²) in [5.74, 6) is 0.378. The number of phenolic OH excluding ortho intramolecular Hbond substituents is 1. The third kappa shape index (κ3) is 1.48. The fourth-order valence-electron chi connectivity index (χ4n) is 0.983. The summed E-state index contributed by atoms with van der Waals surface area (Å²) in [5, 5.41) is 13.5. The van der Waals surface area contributed by atoms with Crippen molar-refractivity contribution in [1.82, 2.24) is 10.1 Å². The van der Waals surface area contributed by atoms with Crippen LogP contribution >= 0.6 is 11.6 Å². The molecule has 0 aliphatic carbocycles. The molecule has 0 saturated carbocycles. The van der Waals surface area contributed by atoms with E-state index in [1.54, 1.807) is 12.1 Å². The molecule has 0 saturated heterocycles. The number of aromatic hydroxyl groups is 1. The van der Waals surface area contributed by atoms with E-state index >= 15 is 0 Å². The minimum absolute atomic E-state index is 0.0360. The van der Waals surface area contributed by atoms with Crippen LogP contribution in [0.5, 0.6) is 5.75 Å². The van der Waals surface area contributed by atoms with Crippen molar-refractivity contribution < 1.29 is 9.63 Å². The number of nitrogens with zero attached hydrogens (tertiary/aromatic N) is 2. The van der Waals surface area contributed by atoms with Gasteiger partial charge in [0.1, 0.15) is 5.75 Å². The fraction of sp³-hybridized carbons (Fsp3) is 0. The highest BCUT2D eigenvalue weighted by atomic mass is 35.5. The molecule has 0 amide bonds. The monoisotopic (exact) mass is 196 g/mol. The van der Waals surface area contributed by atoms with Gasteiger partial charge in [-0.05, 0) is 18.2 Å². The molecule has 0 atom stereocenters. The third-order valence-corrected chi connectivity index (χ3v) is 1.80. The predicted molar refractivity (Wildman–Crippen MR) is 46.4 cm³/mol. The van der Waals surface area contributed by atoms with Crippen LogP contribution in [0, 0.1) is 0 Å². The first-order chi connectivity index (χ1) is 6.27. The van der Waals surface area contributed by atoms with E-state index in [2.05, 4.69) is 14.7 Å². The second kappa shape index (κ2) is 3.06. The average Bonchev–Trinajstić information content (AvgIpc) is 2.56. The average molecular weight is 197 g/mol. The molecule has 0 spiro atoms. The van der Waals surface area contributed by atoms with Gasteiger partial charge in [-0.3, -0.25) is 0 Å². The zero-order valence-corrected chi connectivity index (χ0v) is 7.19. The van der Waals surface area contributed by atoms with Crippen molar-refractivity contribution in [2.45, 2.75) is 0 Å². The highest BCUT2D eigenvalue weighted by Crippen LogP contribution is 2.28. The Kier molecular flexibility index (Phi) is 1.90. The maximum absolute atomic E-state index is 9.46. The van der Waals surface area contributed by atoms with Crippen molar-refractivity contribution in [3.63, 3.8) is 0 Å². The zero-order valence-electron chi connectivity index (χ0n) is 6.44. The summed E-state index contributed by atoms with van der Waals surface area (Å²) in [5.41, 5.74) is 0.498. The summed E-state index contributed by atoms with van der Waals surface area (Å²) in [6, 6.07) is 4.70. The molecule has 66 valence electrons. The van der Waals surface area contributed by atoms with E-state index in [-0.39, 0.29) is 5.75 Å². The van der Waals surface area contributed by atoms with Gasteiger partial charge >= 0.3 is 0 Å². The summed E-state index contributed by atoms with van der Waals surface area (Å²) < 4.78 is 4.55. The Balaban J connectivity index is 2.53. The molecular formula is C8H5ClN2O2. The molecule has 0 fully saturated rings. The van der Waals surface area contributed by atoms with Crippen molar-refractivity contribution in [3.8, 4) is 17.1 Å². The highest BCUT2D eigenvalue weighted by molar-refractivity contribution is 6.30. The SMILES string of the molecule is Oc1cc(Cl)ccc1-c1ncon1. The topological polar surface area (TPSA) is 59.2 Å². The standard InChI is InChI=1S/C8H5ClN2O2/c9-5-1-2-6(7(12)3-5)8-10-4-13-11-8/h1-4,12H. The molecule has 2 aromatic rings. The maximum atomic E-state index is 9.46. The van der Waals surface area contributed by atoms with Crippen molar-refractivity contribution in [2.24, 2.45) is 0 Å². The van der Waals surface area contributed by atoms with E-state index in [1.807, 2.05) is 0 Å². The van der Waals surface area contributed by atoms with Gasteiger partial charge in [-0.2, -0.15) is 4.98 Å². The van der Waals surface area contributed by atoms with Crippen molar-refractivity contribution in [3.05, 3.63) is 29.6 Å². The lowest BCUT2D eigenvalue weighted by atomic mass is 10.2. The Morgan fingerprint density at radius 2 is 2.23 bits per heavy atom. The smallest absolute Gasteiger partial charge is 0.214 e. The summed E-state index contributed by atoms with van der Waals surface area (Å²) in [7, 11) is 0. The van der Waals surface area contributed by atoms with E-state index in [4.69, 9.17) is 11.6 Å². The largest absolute Gasteiger partial charge is 0.507 e. The molecule has 1 N–H and O–H groups in total. The number of benzene rings is 1. The highest BCUT2D eigenvalue weighted by Gasteiger charge is 2.08. The van der Waals surface area contributed by atoms with Crippen molar-refractivity contribution in [1.29, 1.82) is 0 Å². The number of phenols is 1. The number of aromatic nitrogens is 2. The summed E-state index contributed by atoms with van der Waals surface area (Å²) >= 11 is 5.65. The minimum atomic E-state index is 0.0360. The first-order valence-corrected chi connectivity index (χ1v) is 3.90. The first-order valence-electron chi connectivity index (χ1n) is 3.52. The van der Waals surface area contributed by atoms with Crippen molar-refractivity contribution in [2.75, 3.05) is 0 Å². The quantitative estimate of drug-likeness (QED) is 0.759. The van der Waals surface area contributed by atoms with Crippen LogP contribution in [0.2, 0.25) is 5.02 Å². The molecule has 0 radical (unpaired) electrons. The van der Waals surface area contributed by atoms with Gasteiger partial charge in [0.05, 0.1) is 5.56 Å². The van der Waals surface area contributed by atoms with Crippen LogP contribution in [-0.4, -0.2) is 15.2 Å². The molecule has 2 rings (SSSR count). The molecule has 5 heteroatoms. The van der Waals surface area contributed by atoms with Crippen LogP contribution < -0.4 is 0 Å². The van der Waals surface area contributed by atoms with Crippen LogP contribution in [0.3, 0.4) is 0 Å². The second-order valence-electron chi connectivity index (χ2n) is 2.42. The van der Waals surface area contributed by atoms with Crippen LogP contribution in [-0.2, 0) is 0 Å². The van der Waals surface area contributed by atoms with Gasteiger partial charge in [-0.15, -0.1) is 0 Å². The zero-order chi connectivity index (χ0) is 9.26. The van der Waals surface area contributed by atoms with Crippen molar-refractivity contribution >= 4 is 11.6 Å². The Morgan fingerprint density at radius 3 is 2.85 bits per heavy atom. The number of hydrogen-bond donors (Lipinski definition) is 1. The Labute approximate surface area is 78.8 Å². The molecule has 0 bridgehead atoms. The molecule has 4 nitrogen and oxygen atoms in total. The van der Waals surface area contributed by atoms with E-state index in [0.29, 0.717) is 16.4 Å². The van der Waals surface area contributed by atoms with Crippen LogP contribution in [0.25, 0.3) is 11.4 Å². The van der Waals surface area contributed by atoms with Gasteiger partial charge in [0.2, 0.25) is 12.2 Å². The van der Waals surface area contributed by atoms with Crippen LogP contribution in [0.4, 0.5) is 0 Å². The summed E-state index contributed by atoms with van der Waals surface area (Å²) in [6.07, 6.45) is 1.20. The number of halogens is 1. The van der Waals surface area contributed by atoms with Gasteiger partial charge < -0.3 is 9.63 Å². The molecule has 1 aromatic carbocycles. The van der Waals surface area contributed by atoms with Gasteiger partial charge in [0.15, 0.2) is 0 Å². The molecule has 1 heterocycles. The fourth-order valence-corrected chi connectivity index (χ4v) is 1.15. The first kappa shape index (κ1) is 8.07. The molecule has 0 unspecified atom stereocenters. The number of rotatable bonds is 1. The lowest BCUT2D eigenvalue weighted by molar-refractivity contribution is 0.418. The van der Waals surface area contributed by atoms with Gasteiger partial charge in [0, 0.05) is 5.02 Å². The van der Waals surface area contributed by atoms with Crippen LogP contribution in [0.15, 0.2) is 29.1 Å². The van der Waals surface area contributed by atoms with Gasteiger partial charge in [-0.1, -0.05) is 16.8 Å². The van der Waals surface area contributed by atoms with Crippen LogP contribution in [0.1, 0.15) is 0 Å². The lowest BCUT2D eigenvalue weighted by Gasteiger charge is -1.98. The lowest BCUT2D eigenvalue weighted by Crippen LogP contribution is -1.80. The van der Waals surface area contributed by atoms with Gasteiger partial charge in [-0.25, -0.2) is 0 Å².